The lowest BCUT2D eigenvalue weighted by Gasteiger charge is -2.41. The van der Waals surface area contributed by atoms with Crippen molar-refractivity contribution in [2.75, 3.05) is 13.1 Å². The summed E-state index contributed by atoms with van der Waals surface area (Å²) in [4.78, 5) is 2.74. The summed E-state index contributed by atoms with van der Waals surface area (Å²) in [5, 5.41) is 3.56. The highest BCUT2D eigenvalue weighted by atomic mass is 15.2. The van der Waals surface area contributed by atoms with Crippen molar-refractivity contribution in [3.8, 4) is 0 Å². The van der Waals surface area contributed by atoms with Gasteiger partial charge in [0.05, 0.1) is 0 Å². The predicted octanol–water partition coefficient (Wildman–Crippen LogP) is 1.86. The van der Waals surface area contributed by atoms with Crippen molar-refractivity contribution in [2.45, 2.75) is 58.2 Å². The minimum atomic E-state index is 0.700. The van der Waals surface area contributed by atoms with E-state index in [0.29, 0.717) is 6.04 Å². The van der Waals surface area contributed by atoms with Gasteiger partial charge in [-0.2, -0.15) is 0 Å². The van der Waals surface area contributed by atoms with Gasteiger partial charge in [-0.15, -0.1) is 0 Å². The second kappa shape index (κ2) is 4.19. The van der Waals surface area contributed by atoms with E-state index in [1.54, 1.807) is 0 Å². The second-order valence-electron chi connectivity index (χ2n) is 5.32. The molecule has 4 atom stereocenters. The summed E-state index contributed by atoms with van der Waals surface area (Å²) >= 11 is 0. The molecule has 0 spiro atoms. The summed E-state index contributed by atoms with van der Waals surface area (Å²) in [6.45, 7) is 9.66. The van der Waals surface area contributed by atoms with E-state index in [9.17, 15) is 0 Å². The summed E-state index contributed by atoms with van der Waals surface area (Å²) < 4.78 is 0. The van der Waals surface area contributed by atoms with Gasteiger partial charge in [-0.3, -0.25) is 4.90 Å². The zero-order chi connectivity index (χ0) is 10.1. The Morgan fingerprint density at radius 1 is 1.14 bits per heavy atom. The molecule has 0 saturated carbocycles. The highest BCUT2D eigenvalue weighted by Crippen LogP contribution is 2.27. The van der Waals surface area contributed by atoms with Gasteiger partial charge in [0.2, 0.25) is 0 Å². The van der Waals surface area contributed by atoms with E-state index in [2.05, 4.69) is 31.0 Å². The number of nitrogens with one attached hydrogen (secondary N) is 1. The largest absolute Gasteiger partial charge is 0.313 e. The highest BCUT2D eigenvalue weighted by Gasteiger charge is 2.33. The molecule has 82 valence electrons. The van der Waals surface area contributed by atoms with Gasteiger partial charge in [0, 0.05) is 18.1 Å². The van der Waals surface area contributed by atoms with Crippen LogP contribution in [0, 0.1) is 5.92 Å². The van der Waals surface area contributed by atoms with Crippen LogP contribution in [0.15, 0.2) is 0 Å². The quantitative estimate of drug-likeness (QED) is 0.688. The molecule has 2 heteroatoms. The molecule has 1 N–H and O–H groups in total. The highest BCUT2D eigenvalue weighted by molar-refractivity contribution is 4.92. The third kappa shape index (κ3) is 1.96. The maximum Gasteiger partial charge on any atom is 0.0261 e. The number of piperidine rings is 1. The Morgan fingerprint density at radius 3 is 2.50 bits per heavy atom. The van der Waals surface area contributed by atoms with Crippen LogP contribution in [0.1, 0.15) is 40.0 Å². The average molecular weight is 196 g/mol. The topological polar surface area (TPSA) is 15.3 Å². The normalized spacial score (nSPS) is 45.6. The Labute approximate surface area is 88.1 Å². The fourth-order valence-electron chi connectivity index (χ4n) is 3.22. The molecular weight excluding hydrogens is 172 g/mol. The monoisotopic (exact) mass is 196 g/mol. The summed E-state index contributed by atoms with van der Waals surface area (Å²) in [6, 6.07) is 2.30. The Hall–Kier alpha value is -0.0800. The van der Waals surface area contributed by atoms with Crippen LogP contribution in [0.3, 0.4) is 0 Å². The Balaban J connectivity index is 1.96. The number of hydrogen-bond donors (Lipinski definition) is 1. The minimum absolute atomic E-state index is 0.700. The van der Waals surface area contributed by atoms with E-state index >= 15 is 0 Å². The van der Waals surface area contributed by atoms with Crippen molar-refractivity contribution in [1.82, 2.24) is 10.2 Å². The predicted molar refractivity (Wildman–Crippen MR) is 60.4 cm³/mol. The van der Waals surface area contributed by atoms with E-state index in [0.717, 1.165) is 18.0 Å². The summed E-state index contributed by atoms with van der Waals surface area (Å²) in [6.07, 6.45) is 4.14. The first-order chi connectivity index (χ1) is 6.68. The zero-order valence-electron chi connectivity index (χ0n) is 9.79. The standard InChI is InChI=1S/C12H24N2/c1-9-5-7-14(10(2)8-9)12-4-6-13-11(12)3/h9-13H,4-8H2,1-3H3. The van der Waals surface area contributed by atoms with Gasteiger partial charge in [0.25, 0.3) is 0 Å². The van der Waals surface area contributed by atoms with Crippen LogP contribution in [-0.2, 0) is 0 Å². The van der Waals surface area contributed by atoms with Crippen molar-refractivity contribution < 1.29 is 0 Å². The van der Waals surface area contributed by atoms with E-state index < -0.39 is 0 Å². The van der Waals surface area contributed by atoms with Gasteiger partial charge in [0.15, 0.2) is 0 Å². The van der Waals surface area contributed by atoms with Crippen LogP contribution in [0.2, 0.25) is 0 Å². The number of rotatable bonds is 1. The van der Waals surface area contributed by atoms with E-state index in [1.165, 1.54) is 32.4 Å². The van der Waals surface area contributed by atoms with Gasteiger partial charge >= 0.3 is 0 Å². The molecule has 14 heavy (non-hydrogen) atoms. The smallest absolute Gasteiger partial charge is 0.0261 e. The molecule has 2 aliphatic heterocycles. The number of hydrogen-bond acceptors (Lipinski definition) is 2. The molecule has 0 aliphatic carbocycles. The molecule has 0 amide bonds. The maximum absolute atomic E-state index is 3.56. The molecule has 2 saturated heterocycles. The van der Waals surface area contributed by atoms with Gasteiger partial charge in [-0.1, -0.05) is 6.92 Å². The van der Waals surface area contributed by atoms with Gasteiger partial charge in [0.1, 0.15) is 0 Å². The SMILES string of the molecule is CC1CCN(C2CCNC2C)C(C)C1. The van der Waals surface area contributed by atoms with Crippen LogP contribution < -0.4 is 5.32 Å². The Morgan fingerprint density at radius 2 is 1.93 bits per heavy atom. The second-order valence-corrected chi connectivity index (χ2v) is 5.32. The summed E-state index contributed by atoms with van der Waals surface area (Å²) in [5.41, 5.74) is 0. The molecule has 4 unspecified atom stereocenters. The average Bonchev–Trinajstić information content (AvgIpc) is 2.52. The van der Waals surface area contributed by atoms with E-state index in [4.69, 9.17) is 0 Å². The van der Waals surface area contributed by atoms with Crippen molar-refractivity contribution >= 4 is 0 Å². The Bertz CT molecular complexity index is 193. The maximum atomic E-state index is 3.56. The molecule has 0 aromatic carbocycles. The summed E-state index contributed by atoms with van der Waals surface area (Å²) in [7, 11) is 0. The first-order valence-corrected chi connectivity index (χ1v) is 6.17. The van der Waals surface area contributed by atoms with Crippen LogP contribution in [-0.4, -0.2) is 36.1 Å². The third-order valence-electron chi connectivity index (χ3n) is 4.10. The lowest BCUT2D eigenvalue weighted by molar-refractivity contribution is 0.0776. The van der Waals surface area contributed by atoms with E-state index in [1.807, 2.05) is 0 Å². The van der Waals surface area contributed by atoms with Crippen molar-refractivity contribution in [2.24, 2.45) is 5.92 Å². The zero-order valence-corrected chi connectivity index (χ0v) is 9.79. The molecular formula is C12H24N2. The third-order valence-corrected chi connectivity index (χ3v) is 4.10. The van der Waals surface area contributed by atoms with Crippen molar-refractivity contribution in [3.05, 3.63) is 0 Å². The van der Waals surface area contributed by atoms with Crippen molar-refractivity contribution in [3.63, 3.8) is 0 Å². The molecule has 2 nitrogen and oxygen atoms in total. The van der Waals surface area contributed by atoms with Gasteiger partial charge in [-0.05, 0) is 52.1 Å². The molecule has 0 aromatic rings. The molecule has 2 rings (SSSR count). The van der Waals surface area contributed by atoms with Crippen LogP contribution in [0.4, 0.5) is 0 Å². The lowest BCUT2D eigenvalue weighted by atomic mass is 9.91. The molecule has 0 aromatic heterocycles. The van der Waals surface area contributed by atoms with Crippen molar-refractivity contribution in [1.29, 1.82) is 0 Å². The first-order valence-electron chi connectivity index (χ1n) is 6.17. The van der Waals surface area contributed by atoms with E-state index in [-0.39, 0.29) is 0 Å². The van der Waals surface area contributed by atoms with Crippen LogP contribution >= 0.6 is 0 Å². The van der Waals surface area contributed by atoms with Crippen LogP contribution in [0.5, 0.6) is 0 Å². The van der Waals surface area contributed by atoms with Gasteiger partial charge < -0.3 is 5.32 Å². The molecule has 2 fully saturated rings. The lowest BCUT2D eigenvalue weighted by Crippen LogP contribution is -2.50. The fourth-order valence-corrected chi connectivity index (χ4v) is 3.22. The van der Waals surface area contributed by atoms with Crippen LogP contribution in [0.25, 0.3) is 0 Å². The minimum Gasteiger partial charge on any atom is -0.313 e. The number of nitrogens with zero attached hydrogens (tertiary/aromatic N) is 1. The summed E-state index contributed by atoms with van der Waals surface area (Å²) in [5.74, 6) is 0.936. The fraction of sp³-hybridized carbons (Fsp3) is 1.00. The molecule has 0 radical (unpaired) electrons. The molecule has 2 aliphatic rings. The molecule has 2 heterocycles. The van der Waals surface area contributed by atoms with Gasteiger partial charge in [-0.25, -0.2) is 0 Å². The number of likely N-dealkylation sites (tertiary alicyclic amines) is 1. The first kappa shape index (κ1) is 10.4. The Kier molecular flexibility index (Phi) is 3.13. The molecule has 0 bridgehead atoms.